The molecular weight excluding hydrogens is 306 g/mol. The molecule has 128 valence electrons. The Kier molecular flexibility index (Phi) is 6.18. The summed E-state index contributed by atoms with van der Waals surface area (Å²) in [7, 11) is 1.51. The fraction of sp³-hybridized carbons (Fsp3) is 0.368. The van der Waals surface area contributed by atoms with E-state index in [0.29, 0.717) is 12.2 Å². The van der Waals surface area contributed by atoms with Gasteiger partial charge < -0.3 is 14.7 Å². The van der Waals surface area contributed by atoms with Gasteiger partial charge in [-0.2, -0.15) is 0 Å². The van der Waals surface area contributed by atoms with Crippen LogP contribution in [0.3, 0.4) is 0 Å². The van der Waals surface area contributed by atoms with Crippen LogP contribution in [0.2, 0.25) is 0 Å². The molecule has 1 aromatic rings. The van der Waals surface area contributed by atoms with Gasteiger partial charge in [0.05, 0.1) is 12.3 Å². The molecule has 0 radical (unpaired) electrons. The third-order valence-corrected chi connectivity index (χ3v) is 3.89. The molecular formula is C19H23NO4. The van der Waals surface area contributed by atoms with Gasteiger partial charge in [0, 0.05) is 17.2 Å². The van der Waals surface area contributed by atoms with Crippen molar-refractivity contribution in [3.05, 3.63) is 41.0 Å². The molecule has 1 aliphatic carbocycles. The number of oxime groups is 1. The molecule has 1 N–H and O–H groups in total. The van der Waals surface area contributed by atoms with E-state index >= 15 is 0 Å². The molecule has 1 aliphatic rings. The molecule has 1 aromatic carbocycles. The fourth-order valence-corrected chi connectivity index (χ4v) is 2.89. The van der Waals surface area contributed by atoms with Crippen LogP contribution in [0.25, 0.3) is 11.6 Å². The monoisotopic (exact) mass is 329 g/mol. The Labute approximate surface area is 142 Å². The van der Waals surface area contributed by atoms with Crippen LogP contribution in [-0.2, 0) is 14.4 Å². The summed E-state index contributed by atoms with van der Waals surface area (Å²) in [5, 5.41) is 14.6. The molecule has 0 spiro atoms. The van der Waals surface area contributed by atoms with Crippen molar-refractivity contribution in [2.45, 2.75) is 33.1 Å². The molecule has 0 saturated heterocycles. The van der Waals surface area contributed by atoms with Gasteiger partial charge in [0.15, 0.2) is 0 Å². The Bertz CT molecular complexity index is 701. The minimum absolute atomic E-state index is 0.154. The SMILES string of the molecule is CCOC(=O)/C=C/c1cccc(O)c1C1=C(C)CCC/C1=N\OC. The summed E-state index contributed by atoms with van der Waals surface area (Å²) in [4.78, 5) is 16.6. The zero-order chi connectivity index (χ0) is 17.5. The molecule has 0 bridgehead atoms. The minimum Gasteiger partial charge on any atom is -0.507 e. The average molecular weight is 329 g/mol. The average Bonchev–Trinajstić information content (AvgIpc) is 2.55. The first-order valence-corrected chi connectivity index (χ1v) is 8.05. The molecule has 0 amide bonds. The minimum atomic E-state index is -0.410. The second-order valence-electron chi connectivity index (χ2n) is 5.56. The zero-order valence-corrected chi connectivity index (χ0v) is 14.3. The first-order chi connectivity index (χ1) is 11.6. The number of hydrogen-bond donors (Lipinski definition) is 1. The highest BCUT2D eigenvalue weighted by Gasteiger charge is 2.23. The van der Waals surface area contributed by atoms with Gasteiger partial charge in [-0.05, 0) is 50.8 Å². The number of aromatic hydroxyl groups is 1. The number of carbonyl (C=O) groups is 1. The summed E-state index contributed by atoms with van der Waals surface area (Å²) < 4.78 is 4.92. The predicted octanol–water partition coefficient (Wildman–Crippen LogP) is 3.93. The number of nitrogens with zero attached hydrogens (tertiary/aromatic N) is 1. The molecule has 0 saturated carbocycles. The number of allylic oxidation sites excluding steroid dienone is 2. The number of hydrogen-bond acceptors (Lipinski definition) is 5. The molecule has 0 atom stereocenters. The summed E-state index contributed by atoms with van der Waals surface area (Å²) in [5.74, 6) is -0.256. The van der Waals surface area contributed by atoms with E-state index in [4.69, 9.17) is 9.57 Å². The van der Waals surface area contributed by atoms with Crippen molar-refractivity contribution in [1.29, 1.82) is 0 Å². The number of phenolic OH excluding ortho intramolecular Hbond substituents is 1. The van der Waals surface area contributed by atoms with E-state index < -0.39 is 5.97 Å². The van der Waals surface area contributed by atoms with Crippen LogP contribution in [-0.4, -0.2) is 30.5 Å². The number of phenols is 1. The zero-order valence-electron chi connectivity index (χ0n) is 14.3. The molecule has 0 fully saturated rings. The second-order valence-corrected chi connectivity index (χ2v) is 5.56. The lowest BCUT2D eigenvalue weighted by Crippen LogP contribution is -2.12. The standard InChI is InChI=1S/C19H23NO4/c1-4-24-17(22)12-11-14-8-6-10-16(21)19(14)18-13(2)7-5-9-15(18)20-23-3/h6,8,10-12,21H,4-5,7,9H2,1-3H3/b12-11+,20-15+. The maximum atomic E-state index is 11.6. The van der Waals surface area contributed by atoms with Gasteiger partial charge in [0.2, 0.25) is 0 Å². The Balaban J connectivity index is 2.53. The van der Waals surface area contributed by atoms with Crippen LogP contribution in [0.5, 0.6) is 5.75 Å². The van der Waals surface area contributed by atoms with E-state index in [1.54, 1.807) is 25.1 Å². The number of rotatable bonds is 5. The lowest BCUT2D eigenvalue weighted by molar-refractivity contribution is -0.137. The Hall–Kier alpha value is -2.56. The maximum absolute atomic E-state index is 11.6. The molecule has 0 aliphatic heterocycles. The van der Waals surface area contributed by atoms with Crippen molar-refractivity contribution in [3.8, 4) is 5.75 Å². The lowest BCUT2D eigenvalue weighted by atomic mass is 9.84. The number of esters is 1. The molecule has 0 heterocycles. The van der Waals surface area contributed by atoms with E-state index in [9.17, 15) is 9.90 Å². The van der Waals surface area contributed by atoms with E-state index in [2.05, 4.69) is 5.16 Å². The third kappa shape index (κ3) is 4.04. The first kappa shape index (κ1) is 17.8. The van der Waals surface area contributed by atoms with Gasteiger partial charge in [0.25, 0.3) is 0 Å². The Morgan fingerprint density at radius 2 is 2.17 bits per heavy atom. The second kappa shape index (κ2) is 8.34. The van der Waals surface area contributed by atoms with Crippen LogP contribution in [0.15, 0.2) is 35.0 Å². The van der Waals surface area contributed by atoms with Crippen LogP contribution in [0.1, 0.15) is 44.2 Å². The van der Waals surface area contributed by atoms with Gasteiger partial charge in [0.1, 0.15) is 12.9 Å². The molecule has 0 unspecified atom stereocenters. The Morgan fingerprint density at radius 3 is 2.88 bits per heavy atom. The van der Waals surface area contributed by atoms with Gasteiger partial charge >= 0.3 is 5.97 Å². The quantitative estimate of drug-likeness (QED) is 0.505. The number of carbonyl (C=O) groups excluding carboxylic acids is 1. The summed E-state index contributed by atoms with van der Waals surface area (Å²) in [6.45, 7) is 4.12. The van der Waals surface area contributed by atoms with Crippen molar-refractivity contribution >= 4 is 23.3 Å². The molecule has 0 aromatic heterocycles. The van der Waals surface area contributed by atoms with E-state index in [0.717, 1.165) is 41.7 Å². The summed E-state index contributed by atoms with van der Waals surface area (Å²) in [6, 6.07) is 5.23. The van der Waals surface area contributed by atoms with Gasteiger partial charge in [-0.25, -0.2) is 4.79 Å². The highest BCUT2D eigenvalue weighted by Crippen LogP contribution is 2.37. The van der Waals surface area contributed by atoms with Gasteiger partial charge in [-0.1, -0.05) is 22.9 Å². The smallest absolute Gasteiger partial charge is 0.330 e. The van der Waals surface area contributed by atoms with Crippen molar-refractivity contribution in [1.82, 2.24) is 0 Å². The fourth-order valence-electron chi connectivity index (χ4n) is 2.89. The topological polar surface area (TPSA) is 68.1 Å². The first-order valence-electron chi connectivity index (χ1n) is 8.05. The molecule has 5 heteroatoms. The van der Waals surface area contributed by atoms with Crippen molar-refractivity contribution in [3.63, 3.8) is 0 Å². The van der Waals surface area contributed by atoms with E-state index in [-0.39, 0.29) is 5.75 Å². The van der Waals surface area contributed by atoms with E-state index in [1.165, 1.54) is 13.2 Å². The van der Waals surface area contributed by atoms with Crippen molar-refractivity contribution < 1.29 is 19.5 Å². The molecule has 5 nitrogen and oxygen atoms in total. The van der Waals surface area contributed by atoms with Gasteiger partial charge in [-0.3, -0.25) is 0 Å². The third-order valence-electron chi connectivity index (χ3n) is 3.89. The molecule has 24 heavy (non-hydrogen) atoms. The lowest BCUT2D eigenvalue weighted by Gasteiger charge is -2.22. The maximum Gasteiger partial charge on any atom is 0.330 e. The number of ether oxygens (including phenoxy) is 1. The van der Waals surface area contributed by atoms with Gasteiger partial charge in [-0.15, -0.1) is 0 Å². The van der Waals surface area contributed by atoms with Crippen LogP contribution in [0, 0.1) is 0 Å². The summed E-state index contributed by atoms with van der Waals surface area (Å²) in [5.41, 5.74) is 4.26. The normalized spacial score (nSPS) is 16.7. The van der Waals surface area contributed by atoms with Crippen LogP contribution >= 0.6 is 0 Å². The number of benzene rings is 1. The summed E-state index contributed by atoms with van der Waals surface area (Å²) in [6.07, 6.45) is 5.75. The highest BCUT2D eigenvalue weighted by molar-refractivity contribution is 6.26. The highest BCUT2D eigenvalue weighted by atomic mass is 16.6. The van der Waals surface area contributed by atoms with Crippen molar-refractivity contribution in [2.24, 2.45) is 5.16 Å². The van der Waals surface area contributed by atoms with Crippen molar-refractivity contribution in [2.75, 3.05) is 13.7 Å². The van der Waals surface area contributed by atoms with Crippen LogP contribution in [0.4, 0.5) is 0 Å². The Morgan fingerprint density at radius 1 is 1.38 bits per heavy atom. The molecule has 2 rings (SSSR count). The predicted molar refractivity (Wildman–Crippen MR) is 94.7 cm³/mol. The largest absolute Gasteiger partial charge is 0.507 e. The summed E-state index contributed by atoms with van der Waals surface area (Å²) >= 11 is 0. The van der Waals surface area contributed by atoms with Crippen LogP contribution < -0.4 is 0 Å². The van der Waals surface area contributed by atoms with E-state index in [1.807, 2.05) is 13.0 Å².